The van der Waals surface area contributed by atoms with Crippen LogP contribution in [0.15, 0.2) is 47.4 Å². The highest BCUT2D eigenvalue weighted by molar-refractivity contribution is 7.92. The van der Waals surface area contributed by atoms with Crippen molar-refractivity contribution in [2.75, 3.05) is 11.8 Å². The molecule has 2 rings (SSSR count). The Morgan fingerprint density at radius 1 is 1.10 bits per heavy atom. The molecule has 20 heavy (non-hydrogen) atoms. The molecule has 0 aliphatic heterocycles. The number of halogens is 2. The molecule has 0 fully saturated rings. The molecular formula is C13H11F2NO3S. The summed E-state index contributed by atoms with van der Waals surface area (Å²) >= 11 is 0. The quantitative estimate of drug-likeness (QED) is 0.944. The predicted octanol–water partition coefficient (Wildman–Crippen LogP) is 2.77. The molecule has 4 nitrogen and oxygen atoms in total. The fourth-order valence-corrected chi connectivity index (χ4v) is 2.70. The first-order valence-corrected chi connectivity index (χ1v) is 7.02. The van der Waals surface area contributed by atoms with Gasteiger partial charge in [0, 0.05) is 12.1 Å². The van der Waals surface area contributed by atoms with E-state index in [9.17, 15) is 17.2 Å². The van der Waals surface area contributed by atoms with Gasteiger partial charge in [-0.3, -0.25) is 4.72 Å². The van der Waals surface area contributed by atoms with Crippen LogP contribution in [0.3, 0.4) is 0 Å². The Morgan fingerprint density at radius 3 is 2.50 bits per heavy atom. The van der Waals surface area contributed by atoms with E-state index in [0.29, 0.717) is 11.8 Å². The summed E-state index contributed by atoms with van der Waals surface area (Å²) in [5, 5.41) is 0. The third kappa shape index (κ3) is 3.05. The number of benzene rings is 2. The van der Waals surface area contributed by atoms with Crippen LogP contribution in [0.1, 0.15) is 0 Å². The molecule has 2 aromatic rings. The molecule has 7 heteroatoms. The van der Waals surface area contributed by atoms with Crippen molar-refractivity contribution in [2.45, 2.75) is 4.90 Å². The predicted molar refractivity (Wildman–Crippen MR) is 70.2 cm³/mol. The molecule has 0 aliphatic carbocycles. The van der Waals surface area contributed by atoms with E-state index < -0.39 is 26.6 Å². The summed E-state index contributed by atoms with van der Waals surface area (Å²) in [7, 11) is -2.70. The Morgan fingerprint density at radius 2 is 1.85 bits per heavy atom. The number of methoxy groups -OCH3 is 1. The molecule has 0 heterocycles. The maximum Gasteiger partial charge on any atom is 0.264 e. The van der Waals surface area contributed by atoms with Crippen LogP contribution >= 0.6 is 0 Å². The second-order valence-electron chi connectivity index (χ2n) is 3.91. The maximum absolute atomic E-state index is 13.5. The summed E-state index contributed by atoms with van der Waals surface area (Å²) in [5.74, 6) is -1.55. The molecule has 0 saturated carbocycles. The van der Waals surface area contributed by atoms with Gasteiger partial charge in [-0.2, -0.15) is 0 Å². The van der Waals surface area contributed by atoms with Crippen molar-refractivity contribution in [2.24, 2.45) is 0 Å². The number of hydrogen-bond acceptors (Lipinski definition) is 3. The zero-order chi connectivity index (χ0) is 14.8. The Bertz CT molecular complexity index is 732. The largest absolute Gasteiger partial charge is 0.497 e. The Labute approximate surface area is 115 Å². The average molecular weight is 299 g/mol. The van der Waals surface area contributed by atoms with Crippen molar-refractivity contribution in [3.63, 3.8) is 0 Å². The number of nitrogens with one attached hydrogen (secondary N) is 1. The highest BCUT2D eigenvalue weighted by Crippen LogP contribution is 2.22. The minimum absolute atomic E-state index is 0.216. The summed E-state index contributed by atoms with van der Waals surface area (Å²) < 4.78 is 57.5. The fraction of sp³-hybridized carbons (Fsp3) is 0.0769. The van der Waals surface area contributed by atoms with Crippen LogP contribution in [0.5, 0.6) is 5.75 Å². The van der Waals surface area contributed by atoms with Crippen molar-refractivity contribution >= 4 is 15.7 Å². The number of sulfonamides is 1. The van der Waals surface area contributed by atoms with Crippen molar-refractivity contribution in [1.82, 2.24) is 0 Å². The molecule has 0 unspecified atom stereocenters. The van der Waals surface area contributed by atoms with E-state index in [0.717, 1.165) is 12.1 Å². The molecule has 1 N–H and O–H groups in total. The van der Waals surface area contributed by atoms with E-state index in [1.165, 1.54) is 19.2 Å². The molecule has 0 bridgehead atoms. The number of ether oxygens (including phenoxy) is 1. The van der Waals surface area contributed by atoms with Crippen molar-refractivity contribution < 1.29 is 21.9 Å². The SMILES string of the molecule is COc1cccc(NS(=O)(=O)c2ccc(F)cc2F)c1. The van der Waals surface area contributed by atoms with Crippen LogP contribution in [-0.4, -0.2) is 15.5 Å². The lowest BCUT2D eigenvalue weighted by Crippen LogP contribution is -2.14. The number of anilines is 1. The van der Waals surface area contributed by atoms with Gasteiger partial charge < -0.3 is 4.74 Å². The minimum Gasteiger partial charge on any atom is -0.497 e. The van der Waals surface area contributed by atoms with Crippen molar-refractivity contribution in [1.29, 1.82) is 0 Å². The Kier molecular flexibility index (Phi) is 3.89. The van der Waals surface area contributed by atoms with Crippen LogP contribution in [0.2, 0.25) is 0 Å². The van der Waals surface area contributed by atoms with Gasteiger partial charge in [-0.05, 0) is 24.3 Å². The average Bonchev–Trinajstić information content (AvgIpc) is 2.37. The molecule has 0 radical (unpaired) electrons. The van der Waals surface area contributed by atoms with Crippen molar-refractivity contribution in [3.05, 3.63) is 54.1 Å². The highest BCUT2D eigenvalue weighted by Gasteiger charge is 2.19. The lowest BCUT2D eigenvalue weighted by molar-refractivity contribution is 0.415. The lowest BCUT2D eigenvalue weighted by atomic mass is 10.3. The zero-order valence-electron chi connectivity index (χ0n) is 10.4. The van der Waals surface area contributed by atoms with Gasteiger partial charge in [0.25, 0.3) is 10.0 Å². The summed E-state index contributed by atoms with van der Waals surface area (Å²) in [6.45, 7) is 0. The van der Waals surface area contributed by atoms with Gasteiger partial charge in [-0.25, -0.2) is 17.2 Å². The first-order valence-electron chi connectivity index (χ1n) is 5.54. The minimum atomic E-state index is -4.13. The van der Waals surface area contributed by atoms with E-state index in [4.69, 9.17) is 4.74 Å². The van der Waals surface area contributed by atoms with Crippen LogP contribution < -0.4 is 9.46 Å². The zero-order valence-corrected chi connectivity index (χ0v) is 11.2. The molecule has 0 atom stereocenters. The second-order valence-corrected chi connectivity index (χ2v) is 5.56. The second kappa shape index (κ2) is 5.46. The molecule has 0 spiro atoms. The Balaban J connectivity index is 2.35. The maximum atomic E-state index is 13.5. The summed E-state index contributed by atoms with van der Waals surface area (Å²) in [5.41, 5.74) is 0.216. The fourth-order valence-electron chi connectivity index (χ4n) is 1.59. The molecule has 0 aromatic heterocycles. The standard InChI is InChI=1S/C13H11F2NO3S/c1-19-11-4-2-3-10(8-11)16-20(17,18)13-6-5-9(14)7-12(13)15/h2-8,16H,1H3. The normalized spacial score (nSPS) is 11.2. The van der Waals surface area contributed by atoms with Crippen LogP contribution in [-0.2, 0) is 10.0 Å². The summed E-state index contributed by atoms with van der Waals surface area (Å²) in [6, 6.07) is 8.41. The highest BCUT2D eigenvalue weighted by atomic mass is 32.2. The first kappa shape index (κ1) is 14.3. The van der Waals surface area contributed by atoms with Crippen LogP contribution in [0.25, 0.3) is 0 Å². The van der Waals surface area contributed by atoms with Gasteiger partial charge in [0.2, 0.25) is 0 Å². The smallest absolute Gasteiger partial charge is 0.264 e. The van der Waals surface area contributed by atoms with Gasteiger partial charge in [0.05, 0.1) is 12.8 Å². The molecule has 0 amide bonds. The lowest BCUT2D eigenvalue weighted by Gasteiger charge is -2.09. The van der Waals surface area contributed by atoms with Gasteiger partial charge >= 0.3 is 0 Å². The van der Waals surface area contributed by atoms with Gasteiger partial charge in [-0.15, -0.1) is 0 Å². The van der Waals surface area contributed by atoms with E-state index in [1.54, 1.807) is 12.1 Å². The van der Waals surface area contributed by atoms with Gasteiger partial charge in [0.1, 0.15) is 22.3 Å². The van der Waals surface area contributed by atoms with Crippen LogP contribution in [0, 0.1) is 11.6 Å². The van der Waals surface area contributed by atoms with E-state index >= 15 is 0 Å². The topological polar surface area (TPSA) is 55.4 Å². The van der Waals surface area contributed by atoms with Crippen LogP contribution in [0.4, 0.5) is 14.5 Å². The van der Waals surface area contributed by atoms with Crippen molar-refractivity contribution in [3.8, 4) is 5.75 Å². The number of hydrogen-bond donors (Lipinski definition) is 1. The monoisotopic (exact) mass is 299 g/mol. The first-order chi connectivity index (χ1) is 9.42. The molecule has 106 valence electrons. The summed E-state index contributed by atoms with van der Waals surface area (Å²) in [4.78, 5) is -0.623. The van der Waals surface area contributed by atoms with Gasteiger partial charge in [0.15, 0.2) is 0 Å². The van der Waals surface area contributed by atoms with E-state index in [-0.39, 0.29) is 5.69 Å². The third-order valence-electron chi connectivity index (χ3n) is 2.51. The Hall–Kier alpha value is -2.15. The van der Waals surface area contributed by atoms with Gasteiger partial charge in [-0.1, -0.05) is 6.07 Å². The molecule has 0 aliphatic rings. The summed E-state index contributed by atoms with van der Waals surface area (Å²) in [6.07, 6.45) is 0. The molecule has 0 saturated heterocycles. The molecular weight excluding hydrogens is 288 g/mol. The van der Waals surface area contributed by atoms with E-state index in [2.05, 4.69) is 4.72 Å². The number of rotatable bonds is 4. The molecule has 2 aromatic carbocycles. The third-order valence-corrected chi connectivity index (χ3v) is 3.92. The van der Waals surface area contributed by atoms with E-state index in [1.807, 2.05) is 0 Å².